The Hall–Kier alpha value is -3.22. The van der Waals surface area contributed by atoms with Crippen LogP contribution in [0, 0.1) is 6.92 Å². The van der Waals surface area contributed by atoms with Crippen molar-refractivity contribution in [2.24, 2.45) is 10.8 Å². The van der Waals surface area contributed by atoms with Gasteiger partial charge in [0.25, 0.3) is 0 Å². The second-order valence-electron chi connectivity index (χ2n) is 6.77. The molecule has 2 amide bonds. The minimum Gasteiger partial charge on any atom is -0.490 e. The Morgan fingerprint density at radius 3 is 2.45 bits per heavy atom. The number of amides is 2. The Bertz CT molecular complexity index is 850. The van der Waals surface area contributed by atoms with Crippen LogP contribution in [0.5, 0.6) is 17.2 Å². The van der Waals surface area contributed by atoms with Gasteiger partial charge in [-0.3, -0.25) is 0 Å². The van der Waals surface area contributed by atoms with E-state index in [9.17, 15) is 4.79 Å². The van der Waals surface area contributed by atoms with E-state index in [2.05, 4.69) is 42.6 Å². The van der Waals surface area contributed by atoms with Gasteiger partial charge in [0.05, 0.1) is 12.8 Å². The topological polar surface area (TPSA) is 95.2 Å². The zero-order valence-electron chi connectivity index (χ0n) is 17.4. The molecule has 156 valence electrons. The van der Waals surface area contributed by atoms with Gasteiger partial charge in [0.1, 0.15) is 19.0 Å². The molecule has 0 fully saturated rings. The average molecular weight is 399 g/mol. The van der Waals surface area contributed by atoms with Crippen LogP contribution >= 0.6 is 0 Å². The molecule has 0 aliphatic carbocycles. The Morgan fingerprint density at radius 2 is 1.79 bits per heavy atom. The smallest absolute Gasteiger partial charge is 0.332 e. The van der Waals surface area contributed by atoms with Crippen LogP contribution in [0.1, 0.15) is 43.4 Å². The van der Waals surface area contributed by atoms with Gasteiger partial charge in [-0.2, -0.15) is 5.10 Å². The van der Waals surface area contributed by atoms with Gasteiger partial charge < -0.3 is 19.9 Å². The number of nitrogens with one attached hydrogen (secondary N) is 1. The molecule has 0 atom stereocenters. The highest BCUT2D eigenvalue weighted by Gasteiger charge is 2.09. The Morgan fingerprint density at radius 1 is 1.07 bits per heavy atom. The third-order valence-corrected chi connectivity index (χ3v) is 4.05. The van der Waals surface area contributed by atoms with Crippen LogP contribution in [0.15, 0.2) is 41.5 Å². The molecule has 0 spiro atoms. The number of ether oxygens (including phenoxy) is 3. The van der Waals surface area contributed by atoms with Crippen molar-refractivity contribution >= 4 is 12.2 Å². The molecule has 0 saturated carbocycles. The summed E-state index contributed by atoms with van der Waals surface area (Å²) < 4.78 is 17.5. The van der Waals surface area contributed by atoms with Gasteiger partial charge in [-0.1, -0.05) is 26.0 Å². The first kappa shape index (κ1) is 22.1. The number of nitrogens with zero attached hydrogens (tertiary/aromatic N) is 1. The van der Waals surface area contributed by atoms with Gasteiger partial charge in [-0.15, -0.1) is 0 Å². The van der Waals surface area contributed by atoms with E-state index in [1.807, 2.05) is 19.9 Å². The Kier molecular flexibility index (Phi) is 8.33. The normalized spacial score (nSPS) is 10.9. The van der Waals surface area contributed by atoms with E-state index >= 15 is 0 Å². The van der Waals surface area contributed by atoms with Gasteiger partial charge >= 0.3 is 6.03 Å². The van der Waals surface area contributed by atoms with E-state index in [-0.39, 0.29) is 0 Å². The highest BCUT2D eigenvalue weighted by Crippen LogP contribution is 2.29. The molecule has 3 N–H and O–H groups in total. The number of carbonyl (C=O) groups is 1. The van der Waals surface area contributed by atoms with Crippen molar-refractivity contribution in [2.75, 3.05) is 19.8 Å². The van der Waals surface area contributed by atoms with E-state index in [1.165, 1.54) is 11.8 Å². The molecule has 2 rings (SSSR count). The van der Waals surface area contributed by atoms with Crippen molar-refractivity contribution in [3.05, 3.63) is 53.1 Å². The lowest BCUT2D eigenvalue weighted by molar-refractivity contribution is 0.207. The molecule has 0 bridgehead atoms. The highest BCUT2D eigenvalue weighted by atomic mass is 16.5. The van der Waals surface area contributed by atoms with E-state index in [0.29, 0.717) is 37.2 Å². The number of nitrogens with two attached hydrogens (primary N) is 1. The number of hydrogen-bond acceptors (Lipinski definition) is 5. The first-order valence-corrected chi connectivity index (χ1v) is 9.62. The van der Waals surface area contributed by atoms with Crippen molar-refractivity contribution in [3.63, 3.8) is 0 Å². The number of primary amides is 1. The lowest BCUT2D eigenvalue weighted by atomic mass is 10.0. The molecule has 0 radical (unpaired) electrons. The van der Waals surface area contributed by atoms with Crippen LogP contribution < -0.4 is 25.4 Å². The van der Waals surface area contributed by atoms with Crippen LogP contribution in [0.3, 0.4) is 0 Å². The fourth-order valence-corrected chi connectivity index (χ4v) is 2.71. The van der Waals surface area contributed by atoms with Gasteiger partial charge in [0.15, 0.2) is 11.5 Å². The number of rotatable bonds is 10. The molecule has 2 aromatic carbocycles. The third kappa shape index (κ3) is 7.03. The highest BCUT2D eigenvalue weighted by molar-refractivity contribution is 5.82. The molecular formula is C22H29N3O4. The summed E-state index contributed by atoms with van der Waals surface area (Å²) in [5.74, 6) is 2.48. The number of hydrazone groups is 1. The molecule has 0 unspecified atom stereocenters. The van der Waals surface area contributed by atoms with Crippen molar-refractivity contribution in [1.82, 2.24) is 5.43 Å². The Labute approximate surface area is 171 Å². The molecule has 0 aromatic heterocycles. The van der Waals surface area contributed by atoms with E-state index in [4.69, 9.17) is 19.9 Å². The summed E-state index contributed by atoms with van der Waals surface area (Å²) in [6, 6.07) is 10.9. The van der Waals surface area contributed by atoms with Crippen LogP contribution in [-0.2, 0) is 0 Å². The predicted molar refractivity (Wildman–Crippen MR) is 114 cm³/mol. The van der Waals surface area contributed by atoms with Gasteiger partial charge in [-0.05, 0) is 60.7 Å². The summed E-state index contributed by atoms with van der Waals surface area (Å²) >= 11 is 0. The minimum atomic E-state index is -0.722. The van der Waals surface area contributed by atoms with E-state index < -0.39 is 6.03 Å². The van der Waals surface area contributed by atoms with Crippen molar-refractivity contribution in [3.8, 4) is 17.2 Å². The molecular weight excluding hydrogens is 370 g/mol. The standard InChI is InChI=1S/C22H29N3O4/c1-5-27-21-13-17(14-24-25-22(23)26)7-9-19(21)28-10-11-29-20-12-16(4)6-8-18(20)15(2)3/h6-9,12-15H,5,10-11H2,1-4H3,(H3,23,25,26)/b24-14+. The SMILES string of the molecule is CCOc1cc(/C=N/NC(N)=O)ccc1OCCOc1cc(C)ccc1C(C)C. The summed E-state index contributed by atoms with van der Waals surface area (Å²) in [7, 11) is 0. The number of urea groups is 1. The van der Waals surface area contributed by atoms with Gasteiger partial charge in [-0.25, -0.2) is 10.2 Å². The van der Waals surface area contributed by atoms with Crippen LogP contribution in [0.4, 0.5) is 4.79 Å². The maximum Gasteiger partial charge on any atom is 0.332 e. The largest absolute Gasteiger partial charge is 0.490 e. The fourth-order valence-electron chi connectivity index (χ4n) is 2.71. The average Bonchev–Trinajstić information content (AvgIpc) is 2.66. The molecule has 7 heteroatoms. The summed E-state index contributed by atoms with van der Waals surface area (Å²) in [6.07, 6.45) is 1.48. The second-order valence-corrected chi connectivity index (χ2v) is 6.77. The molecule has 0 heterocycles. The molecule has 0 aliphatic heterocycles. The van der Waals surface area contributed by atoms with Crippen molar-refractivity contribution in [2.45, 2.75) is 33.6 Å². The number of carbonyl (C=O) groups excluding carboxylic acids is 1. The molecule has 7 nitrogen and oxygen atoms in total. The van der Waals surface area contributed by atoms with E-state index in [0.717, 1.165) is 16.9 Å². The fraction of sp³-hybridized carbons (Fsp3) is 0.364. The summed E-state index contributed by atoms with van der Waals surface area (Å²) in [5.41, 5.74) is 10.2. The summed E-state index contributed by atoms with van der Waals surface area (Å²) in [5, 5.41) is 3.74. The molecule has 29 heavy (non-hydrogen) atoms. The van der Waals surface area contributed by atoms with E-state index in [1.54, 1.807) is 12.1 Å². The quantitative estimate of drug-likeness (QED) is 0.359. The second kappa shape index (κ2) is 10.9. The maximum atomic E-state index is 10.7. The first-order valence-electron chi connectivity index (χ1n) is 9.62. The third-order valence-electron chi connectivity index (χ3n) is 4.05. The van der Waals surface area contributed by atoms with Crippen LogP contribution in [0.2, 0.25) is 0 Å². The zero-order valence-corrected chi connectivity index (χ0v) is 17.4. The van der Waals surface area contributed by atoms with Gasteiger partial charge in [0.2, 0.25) is 0 Å². The van der Waals surface area contributed by atoms with Crippen LogP contribution in [-0.4, -0.2) is 32.1 Å². The lowest BCUT2D eigenvalue weighted by Crippen LogP contribution is -2.24. The zero-order chi connectivity index (χ0) is 21.2. The maximum absolute atomic E-state index is 10.7. The number of benzene rings is 2. The number of aryl methyl sites for hydroxylation is 1. The molecule has 0 saturated heterocycles. The predicted octanol–water partition coefficient (Wildman–Crippen LogP) is 3.98. The van der Waals surface area contributed by atoms with Crippen molar-refractivity contribution in [1.29, 1.82) is 0 Å². The number of hydrogen-bond donors (Lipinski definition) is 2. The Balaban J connectivity index is 1.99. The first-order chi connectivity index (χ1) is 13.9. The molecule has 2 aromatic rings. The molecule has 0 aliphatic rings. The lowest BCUT2D eigenvalue weighted by Gasteiger charge is -2.16. The monoisotopic (exact) mass is 399 g/mol. The van der Waals surface area contributed by atoms with Crippen LogP contribution in [0.25, 0.3) is 0 Å². The summed E-state index contributed by atoms with van der Waals surface area (Å²) in [4.78, 5) is 10.7. The van der Waals surface area contributed by atoms with Crippen molar-refractivity contribution < 1.29 is 19.0 Å². The van der Waals surface area contributed by atoms with Gasteiger partial charge in [0, 0.05) is 0 Å². The minimum absolute atomic E-state index is 0.377. The summed E-state index contributed by atoms with van der Waals surface area (Å²) in [6.45, 7) is 9.52.